The molecule has 0 aromatic heterocycles. The summed E-state index contributed by atoms with van der Waals surface area (Å²) in [6.45, 7) is 10.1. The van der Waals surface area contributed by atoms with Gasteiger partial charge < -0.3 is 10.1 Å². The van der Waals surface area contributed by atoms with Crippen molar-refractivity contribution < 1.29 is 4.74 Å². The van der Waals surface area contributed by atoms with Gasteiger partial charge >= 0.3 is 0 Å². The molecule has 0 aromatic carbocycles. The molecule has 0 aromatic rings. The summed E-state index contributed by atoms with van der Waals surface area (Å²) in [4.78, 5) is 0. The van der Waals surface area contributed by atoms with Gasteiger partial charge in [-0.2, -0.15) is 0 Å². The summed E-state index contributed by atoms with van der Waals surface area (Å²) in [5.41, 5.74) is 0. The van der Waals surface area contributed by atoms with Crippen LogP contribution >= 0.6 is 0 Å². The van der Waals surface area contributed by atoms with Crippen LogP contribution in [-0.2, 0) is 4.74 Å². The zero-order valence-corrected chi connectivity index (χ0v) is 9.73. The first-order valence-electron chi connectivity index (χ1n) is 5.45. The Labute approximate surface area is 88.4 Å². The maximum Gasteiger partial charge on any atom is 0.0575 e. The average Bonchev–Trinajstić information content (AvgIpc) is 2.15. The maximum absolute atomic E-state index is 5.40. The summed E-state index contributed by atoms with van der Waals surface area (Å²) in [7, 11) is 0. The first kappa shape index (κ1) is 13.5. The van der Waals surface area contributed by atoms with Crippen molar-refractivity contribution in [2.45, 2.75) is 33.6 Å². The van der Waals surface area contributed by atoms with E-state index in [2.05, 4.69) is 31.0 Å². The summed E-state index contributed by atoms with van der Waals surface area (Å²) in [6.07, 6.45) is 1.95. The molecule has 2 nitrogen and oxygen atoms in total. The van der Waals surface area contributed by atoms with Gasteiger partial charge in [0.1, 0.15) is 0 Å². The Balaban J connectivity index is 2.94. The molecule has 14 heavy (non-hydrogen) atoms. The molecule has 0 atom stereocenters. The van der Waals surface area contributed by atoms with Gasteiger partial charge in [0.05, 0.1) is 6.61 Å². The molecule has 0 rings (SSSR count). The largest absolute Gasteiger partial charge is 0.380 e. The predicted octanol–water partition coefficient (Wildman–Crippen LogP) is 2.05. The summed E-state index contributed by atoms with van der Waals surface area (Å²) < 4.78 is 5.40. The lowest BCUT2D eigenvalue weighted by Gasteiger charge is -2.06. The molecular formula is C12H23NO. The molecule has 0 bridgehead atoms. The molecule has 0 aliphatic rings. The van der Waals surface area contributed by atoms with Gasteiger partial charge in [-0.25, -0.2) is 0 Å². The van der Waals surface area contributed by atoms with Crippen molar-refractivity contribution in [1.29, 1.82) is 0 Å². The zero-order valence-electron chi connectivity index (χ0n) is 9.73. The van der Waals surface area contributed by atoms with E-state index >= 15 is 0 Å². The quantitative estimate of drug-likeness (QED) is 0.475. The minimum atomic E-state index is 0.732. The van der Waals surface area contributed by atoms with Gasteiger partial charge in [-0.15, -0.1) is 11.8 Å². The molecule has 0 fully saturated rings. The molecular weight excluding hydrogens is 174 g/mol. The van der Waals surface area contributed by atoms with Crippen LogP contribution in [0.5, 0.6) is 0 Å². The lowest BCUT2D eigenvalue weighted by molar-refractivity contribution is 0.137. The number of rotatable bonds is 8. The Bertz CT molecular complexity index is 167. The second-order valence-corrected chi connectivity index (χ2v) is 3.74. The van der Waals surface area contributed by atoms with E-state index in [4.69, 9.17) is 4.74 Å². The van der Waals surface area contributed by atoms with Crippen LogP contribution in [0.1, 0.15) is 33.6 Å². The van der Waals surface area contributed by atoms with Crippen LogP contribution in [-0.4, -0.2) is 26.3 Å². The molecule has 0 aliphatic carbocycles. The van der Waals surface area contributed by atoms with Crippen molar-refractivity contribution in [3.8, 4) is 11.8 Å². The molecule has 0 saturated carbocycles. The molecule has 0 saturated heterocycles. The van der Waals surface area contributed by atoms with E-state index in [1.54, 1.807) is 0 Å². The summed E-state index contributed by atoms with van der Waals surface area (Å²) in [6, 6.07) is 0. The van der Waals surface area contributed by atoms with Crippen LogP contribution in [0, 0.1) is 17.8 Å². The fourth-order valence-electron chi connectivity index (χ4n) is 1.04. The summed E-state index contributed by atoms with van der Waals surface area (Å²) >= 11 is 0. The van der Waals surface area contributed by atoms with Gasteiger partial charge in [0, 0.05) is 13.0 Å². The third kappa shape index (κ3) is 11.5. The lowest BCUT2D eigenvalue weighted by atomic mass is 10.2. The highest BCUT2D eigenvalue weighted by Gasteiger charge is 1.92. The smallest absolute Gasteiger partial charge is 0.0575 e. The second kappa shape index (κ2) is 10.6. The van der Waals surface area contributed by atoms with Crippen molar-refractivity contribution in [3.05, 3.63) is 0 Å². The Morgan fingerprint density at radius 3 is 2.71 bits per heavy atom. The van der Waals surface area contributed by atoms with Gasteiger partial charge in [0.25, 0.3) is 0 Å². The Morgan fingerprint density at radius 1 is 1.29 bits per heavy atom. The van der Waals surface area contributed by atoms with Gasteiger partial charge in [0.2, 0.25) is 0 Å². The first-order valence-corrected chi connectivity index (χ1v) is 5.45. The fourth-order valence-corrected chi connectivity index (χ4v) is 1.04. The monoisotopic (exact) mass is 197 g/mol. The third-order valence-corrected chi connectivity index (χ3v) is 1.74. The van der Waals surface area contributed by atoms with Crippen LogP contribution in [0.3, 0.4) is 0 Å². The van der Waals surface area contributed by atoms with Crippen LogP contribution < -0.4 is 5.32 Å². The van der Waals surface area contributed by atoms with Crippen LogP contribution in [0.2, 0.25) is 0 Å². The van der Waals surface area contributed by atoms with Gasteiger partial charge in [-0.1, -0.05) is 13.8 Å². The highest BCUT2D eigenvalue weighted by molar-refractivity contribution is 4.94. The minimum Gasteiger partial charge on any atom is -0.380 e. The Kier molecular flexibility index (Phi) is 10.2. The van der Waals surface area contributed by atoms with E-state index in [1.165, 1.54) is 0 Å². The topological polar surface area (TPSA) is 21.3 Å². The second-order valence-electron chi connectivity index (χ2n) is 3.74. The minimum absolute atomic E-state index is 0.732. The molecule has 0 unspecified atom stereocenters. The summed E-state index contributed by atoms with van der Waals surface area (Å²) in [5.74, 6) is 6.56. The average molecular weight is 197 g/mol. The van der Waals surface area contributed by atoms with Crippen molar-refractivity contribution in [1.82, 2.24) is 5.32 Å². The normalized spacial score (nSPS) is 10.0. The number of hydrogen-bond donors (Lipinski definition) is 1. The SMILES string of the molecule is CC#CCCOCCCNCC(C)C. The van der Waals surface area contributed by atoms with Crippen molar-refractivity contribution in [3.63, 3.8) is 0 Å². The molecule has 0 radical (unpaired) electrons. The fraction of sp³-hybridized carbons (Fsp3) is 0.833. The van der Waals surface area contributed by atoms with Crippen molar-refractivity contribution in [2.24, 2.45) is 5.92 Å². The van der Waals surface area contributed by atoms with Crippen LogP contribution in [0.15, 0.2) is 0 Å². The van der Waals surface area contributed by atoms with Crippen molar-refractivity contribution in [2.75, 3.05) is 26.3 Å². The third-order valence-electron chi connectivity index (χ3n) is 1.74. The first-order chi connectivity index (χ1) is 6.77. The molecule has 1 N–H and O–H groups in total. The van der Waals surface area contributed by atoms with E-state index in [0.29, 0.717) is 0 Å². The number of ether oxygens (including phenoxy) is 1. The van der Waals surface area contributed by atoms with E-state index in [9.17, 15) is 0 Å². The van der Waals surface area contributed by atoms with E-state index in [0.717, 1.165) is 45.1 Å². The predicted molar refractivity (Wildman–Crippen MR) is 61.2 cm³/mol. The van der Waals surface area contributed by atoms with E-state index in [1.807, 2.05) is 6.92 Å². The van der Waals surface area contributed by atoms with Crippen molar-refractivity contribution >= 4 is 0 Å². The van der Waals surface area contributed by atoms with Crippen LogP contribution in [0.4, 0.5) is 0 Å². The Hall–Kier alpha value is -0.520. The molecule has 2 heteroatoms. The van der Waals surface area contributed by atoms with E-state index in [-0.39, 0.29) is 0 Å². The zero-order chi connectivity index (χ0) is 10.6. The molecule has 0 amide bonds. The number of hydrogen-bond acceptors (Lipinski definition) is 2. The maximum atomic E-state index is 5.40. The standard InChI is InChI=1S/C12H23NO/c1-4-5-6-9-14-10-7-8-13-11-12(2)3/h12-13H,6-11H2,1-3H3. The molecule has 0 aliphatic heterocycles. The van der Waals surface area contributed by atoms with Gasteiger partial charge in [-0.3, -0.25) is 0 Å². The van der Waals surface area contributed by atoms with Gasteiger partial charge in [0.15, 0.2) is 0 Å². The molecule has 0 spiro atoms. The number of nitrogens with one attached hydrogen (secondary N) is 1. The highest BCUT2D eigenvalue weighted by Crippen LogP contribution is 1.88. The molecule has 82 valence electrons. The Morgan fingerprint density at radius 2 is 2.07 bits per heavy atom. The molecule has 0 heterocycles. The van der Waals surface area contributed by atoms with Gasteiger partial charge in [-0.05, 0) is 32.4 Å². The summed E-state index contributed by atoms with van der Waals surface area (Å²) in [5, 5.41) is 3.38. The lowest BCUT2D eigenvalue weighted by Crippen LogP contribution is -2.21. The van der Waals surface area contributed by atoms with E-state index < -0.39 is 0 Å². The highest BCUT2D eigenvalue weighted by atomic mass is 16.5. The van der Waals surface area contributed by atoms with Crippen LogP contribution in [0.25, 0.3) is 0 Å².